The Bertz CT molecular complexity index is 676. The summed E-state index contributed by atoms with van der Waals surface area (Å²) >= 11 is 0. The van der Waals surface area contributed by atoms with E-state index in [-0.39, 0.29) is 31.1 Å². The topological polar surface area (TPSA) is 95.7 Å². The predicted molar refractivity (Wildman–Crippen MR) is 124 cm³/mol. The molecule has 0 aliphatic carbocycles. The Labute approximate surface area is 192 Å². The number of ether oxygens (including phenoxy) is 2. The van der Waals surface area contributed by atoms with Crippen molar-refractivity contribution in [1.29, 1.82) is 0 Å². The van der Waals surface area contributed by atoms with E-state index in [1.807, 2.05) is 0 Å². The highest BCUT2D eigenvalue weighted by molar-refractivity contribution is 5.77. The van der Waals surface area contributed by atoms with Gasteiger partial charge in [-0.15, -0.1) is 0 Å². The molecular weight excluding hydrogens is 410 g/mol. The van der Waals surface area contributed by atoms with E-state index in [0.29, 0.717) is 13.0 Å². The van der Waals surface area contributed by atoms with Crippen molar-refractivity contribution < 1.29 is 24.0 Å². The van der Waals surface area contributed by atoms with Crippen LogP contribution >= 0.6 is 0 Å². The molecule has 0 fully saturated rings. The first kappa shape index (κ1) is 27.6. The van der Waals surface area contributed by atoms with Crippen molar-refractivity contribution in [3.05, 3.63) is 39.9 Å². The molecule has 0 spiro atoms. The summed E-state index contributed by atoms with van der Waals surface area (Å²) in [6, 6.07) is 6.21. The van der Waals surface area contributed by atoms with E-state index in [0.717, 1.165) is 18.4 Å². The lowest BCUT2D eigenvalue weighted by molar-refractivity contribution is -0.384. The molecule has 0 radical (unpaired) electrons. The highest BCUT2D eigenvalue weighted by Crippen LogP contribution is 2.14. The van der Waals surface area contributed by atoms with Gasteiger partial charge in [0.15, 0.2) is 0 Å². The number of unbranched alkanes of at least 4 members (excludes halogenated alkanes) is 10. The van der Waals surface area contributed by atoms with Gasteiger partial charge in [-0.25, -0.2) is 0 Å². The van der Waals surface area contributed by atoms with Gasteiger partial charge in [-0.05, 0) is 12.0 Å². The van der Waals surface area contributed by atoms with E-state index < -0.39 is 10.9 Å². The Balaban J connectivity index is 1.95. The van der Waals surface area contributed by atoms with Crippen LogP contribution in [0.5, 0.6) is 0 Å². The van der Waals surface area contributed by atoms with Crippen molar-refractivity contribution in [3.8, 4) is 0 Å². The van der Waals surface area contributed by atoms with Crippen LogP contribution < -0.4 is 0 Å². The van der Waals surface area contributed by atoms with E-state index in [4.69, 9.17) is 9.47 Å². The van der Waals surface area contributed by atoms with Gasteiger partial charge in [0.25, 0.3) is 5.69 Å². The maximum Gasteiger partial charge on any atom is 0.306 e. The van der Waals surface area contributed by atoms with E-state index >= 15 is 0 Å². The molecule has 32 heavy (non-hydrogen) atoms. The maximum absolute atomic E-state index is 11.7. The van der Waals surface area contributed by atoms with Gasteiger partial charge in [-0.2, -0.15) is 0 Å². The molecular formula is C25H39NO6. The number of non-ortho nitro benzene ring substituents is 1. The quantitative estimate of drug-likeness (QED) is 0.106. The Morgan fingerprint density at radius 1 is 0.812 bits per heavy atom. The minimum atomic E-state index is -0.470. The summed E-state index contributed by atoms with van der Waals surface area (Å²) in [5.41, 5.74) is 0.729. The van der Waals surface area contributed by atoms with Crippen LogP contribution in [-0.4, -0.2) is 30.1 Å². The van der Waals surface area contributed by atoms with Gasteiger partial charge >= 0.3 is 11.9 Å². The third-order valence-electron chi connectivity index (χ3n) is 5.32. The van der Waals surface area contributed by atoms with Crippen molar-refractivity contribution in [2.75, 3.05) is 13.2 Å². The molecule has 1 aromatic carbocycles. The average Bonchev–Trinajstić information content (AvgIpc) is 2.78. The third-order valence-corrected chi connectivity index (χ3v) is 5.32. The molecule has 0 atom stereocenters. The molecule has 0 saturated carbocycles. The molecule has 0 saturated heterocycles. The standard InChI is InChI=1S/C25H39NO6/c1-2-3-4-5-6-7-8-9-10-11-12-19-31-24(27)16-17-25(28)32-20-18-22-14-13-15-23(21-22)26(29)30/h13-15,21H,2-12,16-20H2,1H3. The number of esters is 2. The van der Waals surface area contributed by atoms with Crippen LogP contribution in [0.2, 0.25) is 0 Å². The molecule has 0 amide bonds. The van der Waals surface area contributed by atoms with Gasteiger partial charge in [0.2, 0.25) is 0 Å². The largest absolute Gasteiger partial charge is 0.466 e. The van der Waals surface area contributed by atoms with Crippen molar-refractivity contribution in [2.24, 2.45) is 0 Å². The van der Waals surface area contributed by atoms with Crippen molar-refractivity contribution >= 4 is 17.6 Å². The minimum Gasteiger partial charge on any atom is -0.466 e. The number of rotatable bonds is 19. The van der Waals surface area contributed by atoms with E-state index in [1.165, 1.54) is 69.9 Å². The smallest absolute Gasteiger partial charge is 0.306 e. The summed E-state index contributed by atoms with van der Waals surface area (Å²) in [5.74, 6) is -0.852. The minimum absolute atomic E-state index is 0.00761. The number of nitrogens with zero attached hydrogens (tertiary/aromatic N) is 1. The highest BCUT2D eigenvalue weighted by Gasteiger charge is 2.10. The second-order valence-electron chi connectivity index (χ2n) is 8.15. The van der Waals surface area contributed by atoms with Gasteiger partial charge in [0, 0.05) is 18.6 Å². The summed E-state index contributed by atoms with van der Waals surface area (Å²) in [6.45, 7) is 2.75. The van der Waals surface area contributed by atoms with Crippen LogP contribution in [-0.2, 0) is 25.5 Å². The summed E-state index contributed by atoms with van der Waals surface area (Å²) in [5, 5.41) is 10.8. The second kappa shape index (κ2) is 18.2. The molecule has 0 aliphatic rings. The molecule has 0 bridgehead atoms. The predicted octanol–water partition coefficient (Wildman–Crippen LogP) is 6.31. The first-order valence-electron chi connectivity index (χ1n) is 12.1. The lowest BCUT2D eigenvalue weighted by atomic mass is 10.1. The van der Waals surface area contributed by atoms with Crippen LogP contribution in [0.15, 0.2) is 24.3 Å². The molecule has 0 unspecified atom stereocenters. The Morgan fingerprint density at radius 2 is 1.34 bits per heavy atom. The SMILES string of the molecule is CCCCCCCCCCCCCOC(=O)CCC(=O)OCCc1cccc([N+](=O)[O-])c1. The van der Waals surface area contributed by atoms with E-state index in [1.54, 1.807) is 12.1 Å². The average molecular weight is 450 g/mol. The van der Waals surface area contributed by atoms with Gasteiger partial charge in [-0.1, -0.05) is 83.3 Å². The lowest BCUT2D eigenvalue weighted by Crippen LogP contribution is -2.12. The summed E-state index contributed by atoms with van der Waals surface area (Å²) in [7, 11) is 0. The Morgan fingerprint density at radius 3 is 1.91 bits per heavy atom. The highest BCUT2D eigenvalue weighted by atomic mass is 16.6. The number of hydrogen-bond donors (Lipinski definition) is 0. The lowest BCUT2D eigenvalue weighted by Gasteiger charge is -2.06. The van der Waals surface area contributed by atoms with E-state index in [2.05, 4.69) is 6.92 Å². The van der Waals surface area contributed by atoms with Crippen LogP contribution in [0.1, 0.15) is 96.0 Å². The van der Waals surface area contributed by atoms with Gasteiger partial charge in [-0.3, -0.25) is 19.7 Å². The zero-order valence-corrected chi connectivity index (χ0v) is 19.5. The number of benzene rings is 1. The maximum atomic E-state index is 11.7. The molecule has 0 aromatic heterocycles. The fourth-order valence-electron chi connectivity index (χ4n) is 3.41. The van der Waals surface area contributed by atoms with Gasteiger partial charge in [0.1, 0.15) is 0 Å². The molecule has 0 heterocycles. The fourth-order valence-corrected chi connectivity index (χ4v) is 3.41. The fraction of sp³-hybridized carbons (Fsp3) is 0.680. The number of carbonyl (C=O) groups is 2. The molecule has 7 nitrogen and oxygen atoms in total. The molecule has 1 aromatic rings. The first-order chi connectivity index (χ1) is 15.5. The summed E-state index contributed by atoms with van der Waals surface area (Å²) in [4.78, 5) is 33.8. The molecule has 0 N–H and O–H groups in total. The zero-order valence-electron chi connectivity index (χ0n) is 19.5. The zero-order chi connectivity index (χ0) is 23.4. The van der Waals surface area contributed by atoms with Crippen LogP contribution in [0.25, 0.3) is 0 Å². The summed E-state index contributed by atoms with van der Waals surface area (Å²) in [6.07, 6.45) is 14.0. The first-order valence-corrected chi connectivity index (χ1v) is 12.1. The molecule has 0 aliphatic heterocycles. The third kappa shape index (κ3) is 14.5. The summed E-state index contributed by atoms with van der Waals surface area (Å²) < 4.78 is 10.3. The van der Waals surface area contributed by atoms with Gasteiger partial charge in [0.05, 0.1) is 31.0 Å². The Kier molecular flexibility index (Phi) is 15.7. The molecule has 1 rings (SSSR count). The Hall–Kier alpha value is -2.44. The van der Waals surface area contributed by atoms with Crippen molar-refractivity contribution in [1.82, 2.24) is 0 Å². The van der Waals surface area contributed by atoms with Crippen LogP contribution in [0, 0.1) is 10.1 Å². The van der Waals surface area contributed by atoms with E-state index in [9.17, 15) is 19.7 Å². The molecule has 180 valence electrons. The van der Waals surface area contributed by atoms with Crippen molar-refractivity contribution in [2.45, 2.75) is 96.8 Å². The van der Waals surface area contributed by atoms with Crippen LogP contribution in [0.4, 0.5) is 5.69 Å². The second-order valence-corrected chi connectivity index (χ2v) is 8.15. The number of carbonyl (C=O) groups excluding carboxylic acids is 2. The number of nitro benzene ring substituents is 1. The van der Waals surface area contributed by atoms with Crippen LogP contribution in [0.3, 0.4) is 0 Å². The normalized spacial score (nSPS) is 10.7. The monoisotopic (exact) mass is 449 g/mol. The van der Waals surface area contributed by atoms with Gasteiger partial charge < -0.3 is 9.47 Å². The molecule has 7 heteroatoms. The van der Waals surface area contributed by atoms with Crippen molar-refractivity contribution in [3.63, 3.8) is 0 Å². The number of nitro groups is 1. The number of hydrogen-bond acceptors (Lipinski definition) is 6.